The number of hydrogen-bond donors (Lipinski definition) is 0. The summed E-state index contributed by atoms with van der Waals surface area (Å²) in [7, 11) is 4.06. The molecule has 0 bridgehead atoms. The molecular weight excluding hydrogens is 302 g/mol. The number of ketones is 1. The third kappa shape index (κ3) is 3.80. The Morgan fingerprint density at radius 1 is 1.00 bits per heavy atom. The Morgan fingerprint density at radius 2 is 1.70 bits per heavy atom. The van der Waals surface area contributed by atoms with Gasteiger partial charge in [0.15, 0.2) is 5.78 Å². The fourth-order valence-corrected chi connectivity index (χ4v) is 3.47. The third-order valence-electron chi connectivity index (χ3n) is 4.09. The first kappa shape index (κ1) is 15.8. The van der Waals surface area contributed by atoms with Crippen LogP contribution in [0.25, 0.3) is 12.2 Å². The first-order chi connectivity index (χ1) is 11.1. The quantitative estimate of drug-likeness (QED) is 0.738. The van der Waals surface area contributed by atoms with Crippen molar-refractivity contribution < 1.29 is 4.79 Å². The van der Waals surface area contributed by atoms with Gasteiger partial charge in [-0.05, 0) is 60.6 Å². The molecule has 1 heterocycles. The van der Waals surface area contributed by atoms with Gasteiger partial charge < -0.3 is 4.90 Å². The van der Waals surface area contributed by atoms with Crippen molar-refractivity contribution in [1.29, 1.82) is 0 Å². The fourth-order valence-electron chi connectivity index (χ4n) is 2.79. The van der Waals surface area contributed by atoms with Gasteiger partial charge in [0.25, 0.3) is 0 Å². The Bertz CT molecular complexity index is 736. The van der Waals surface area contributed by atoms with Crippen LogP contribution in [0.3, 0.4) is 0 Å². The summed E-state index contributed by atoms with van der Waals surface area (Å²) >= 11 is 1.68. The highest BCUT2D eigenvalue weighted by molar-refractivity contribution is 7.10. The van der Waals surface area contributed by atoms with Crippen molar-refractivity contribution in [2.45, 2.75) is 19.3 Å². The maximum absolute atomic E-state index is 12.7. The summed E-state index contributed by atoms with van der Waals surface area (Å²) in [5.41, 5.74) is 4.13. The molecule has 118 valence electrons. The minimum Gasteiger partial charge on any atom is -0.378 e. The van der Waals surface area contributed by atoms with Gasteiger partial charge in [0, 0.05) is 35.8 Å². The van der Waals surface area contributed by atoms with E-state index in [9.17, 15) is 4.79 Å². The number of carbonyl (C=O) groups excluding carboxylic acids is 1. The molecule has 0 spiro atoms. The molecule has 0 radical (unpaired) electrons. The summed E-state index contributed by atoms with van der Waals surface area (Å²) < 4.78 is 0. The van der Waals surface area contributed by atoms with E-state index in [4.69, 9.17) is 0 Å². The molecule has 2 aromatic rings. The van der Waals surface area contributed by atoms with E-state index in [0.717, 1.165) is 40.8 Å². The minimum absolute atomic E-state index is 0.210. The normalized spacial score (nSPS) is 18.6. The third-order valence-corrected chi connectivity index (χ3v) is 4.90. The van der Waals surface area contributed by atoms with E-state index in [1.54, 1.807) is 11.3 Å². The number of anilines is 1. The maximum atomic E-state index is 12.7. The van der Waals surface area contributed by atoms with Crippen LogP contribution in [0.15, 0.2) is 52.9 Å². The number of thiophene rings is 1. The Labute approximate surface area is 141 Å². The van der Waals surface area contributed by atoms with Gasteiger partial charge >= 0.3 is 0 Å². The van der Waals surface area contributed by atoms with Gasteiger partial charge in [-0.25, -0.2) is 0 Å². The number of nitrogens with zero attached hydrogens (tertiary/aromatic N) is 1. The van der Waals surface area contributed by atoms with Gasteiger partial charge in [-0.3, -0.25) is 4.79 Å². The van der Waals surface area contributed by atoms with Crippen LogP contribution in [-0.2, 0) is 4.79 Å². The lowest BCUT2D eigenvalue weighted by molar-refractivity contribution is -0.112. The van der Waals surface area contributed by atoms with Gasteiger partial charge in [0.2, 0.25) is 0 Å². The molecule has 1 aliphatic rings. The van der Waals surface area contributed by atoms with Crippen LogP contribution in [-0.4, -0.2) is 19.9 Å². The molecule has 1 fully saturated rings. The largest absolute Gasteiger partial charge is 0.378 e. The van der Waals surface area contributed by atoms with Crippen molar-refractivity contribution in [1.82, 2.24) is 0 Å². The van der Waals surface area contributed by atoms with E-state index in [2.05, 4.69) is 41.3 Å². The van der Waals surface area contributed by atoms with Gasteiger partial charge in [-0.2, -0.15) is 0 Å². The van der Waals surface area contributed by atoms with Gasteiger partial charge in [-0.1, -0.05) is 18.2 Å². The number of hydrogen-bond acceptors (Lipinski definition) is 3. The summed E-state index contributed by atoms with van der Waals surface area (Å²) in [4.78, 5) is 15.9. The number of benzene rings is 1. The van der Waals surface area contributed by atoms with Crippen LogP contribution in [0.1, 0.15) is 29.7 Å². The molecule has 0 atom stereocenters. The van der Waals surface area contributed by atoms with Gasteiger partial charge in [0.1, 0.15) is 0 Å². The van der Waals surface area contributed by atoms with Crippen LogP contribution in [0.4, 0.5) is 5.69 Å². The summed E-state index contributed by atoms with van der Waals surface area (Å²) in [6.45, 7) is 0. The van der Waals surface area contributed by atoms with Crippen LogP contribution in [0.5, 0.6) is 0 Å². The molecule has 0 amide bonds. The van der Waals surface area contributed by atoms with Crippen molar-refractivity contribution in [2.24, 2.45) is 0 Å². The van der Waals surface area contributed by atoms with E-state index in [0.29, 0.717) is 0 Å². The Balaban J connectivity index is 1.83. The van der Waals surface area contributed by atoms with Crippen molar-refractivity contribution in [3.8, 4) is 0 Å². The number of allylic oxidation sites excluding steroid dienone is 2. The van der Waals surface area contributed by atoms with E-state index >= 15 is 0 Å². The lowest BCUT2D eigenvalue weighted by Crippen LogP contribution is -2.12. The zero-order valence-corrected chi connectivity index (χ0v) is 14.4. The lowest BCUT2D eigenvalue weighted by Gasteiger charge is -2.16. The van der Waals surface area contributed by atoms with Crippen LogP contribution < -0.4 is 4.90 Å². The minimum atomic E-state index is 0.210. The molecule has 3 heteroatoms. The second-order valence-corrected chi connectivity index (χ2v) is 7.00. The van der Waals surface area contributed by atoms with Gasteiger partial charge in [0.05, 0.1) is 0 Å². The van der Waals surface area contributed by atoms with E-state index < -0.39 is 0 Å². The molecule has 0 unspecified atom stereocenters. The van der Waals surface area contributed by atoms with E-state index in [1.165, 1.54) is 5.69 Å². The van der Waals surface area contributed by atoms with Crippen molar-refractivity contribution in [3.05, 3.63) is 63.4 Å². The molecule has 1 aromatic heterocycles. The summed E-state index contributed by atoms with van der Waals surface area (Å²) in [6, 6.07) is 12.4. The van der Waals surface area contributed by atoms with E-state index in [-0.39, 0.29) is 5.78 Å². The highest BCUT2D eigenvalue weighted by Gasteiger charge is 2.20. The molecule has 0 N–H and O–H groups in total. The molecule has 1 saturated carbocycles. The summed E-state index contributed by atoms with van der Waals surface area (Å²) in [5, 5.41) is 2.04. The maximum Gasteiger partial charge on any atom is 0.185 e. The Kier molecular flexibility index (Phi) is 4.77. The SMILES string of the molecule is CN(C)c1ccc(/C=C2/CCCC(=Cc3cccs3)C2=O)cc1. The first-order valence-electron chi connectivity index (χ1n) is 7.90. The molecule has 1 aromatic carbocycles. The zero-order valence-electron chi connectivity index (χ0n) is 13.6. The second kappa shape index (κ2) is 6.97. The average molecular weight is 323 g/mol. The zero-order chi connectivity index (χ0) is 16.2. The standard InChI is InChI=1S/C20H21NOS/c1-21(2)18-10-8-15(9-11-18)13-16-5-3-6-17(20(16)22)14-19-7-4-12-23-19/h4,7-14H,3,5-6H2,1-2H3/b16-13-,17-14?. The number of rotatable bonds is 3. The predicted octanol–water partition coefficient (Wildman–Crippen LogP) is 5.03. The Hall–Kier alpha value is -2.13. The molecular formula is C20H21NOS. The molecule has 0 saturated heterocycles. The van der Waals surface area contributed by atoms with Crippen LogP contribution in [0.2, 0.25) is 0 Å². The van der Waals surface area contributed by atoms with Crippen LogP contribution in [0, 0.1) is 0 Å². The average Bonchev–Trinajstić information content (AvgIpc) is 3.05. The Morgan fingerprint density at radius 3 is 2.30 bits per heavy atom. The lowest BCUT2D eigenvalue weighted by atomic mass is 9.87. The highest BCUT2D eigenvalue weighted by Crippen LogP contribution is 2.29. The topological polar surface area (TPSA) is 20.3 Å². The van der Waals surface area contributed by atoms with E-state index in [1.807, 2.05) is 31.6 Å². The first-order valence-corrected chi connectivity index (χ1v) is 8.78. The monoisotopic (exact) mass is 323 g/mol. The van der Waals surface area contributed by atoms with Crippen molar-refractivity contribution >= 4 is 35.0 Å². The van der Waals surface area contributed by atoms with Crippen molar-refractivity contribution in [3.63, 3.8) is 0 Å². The molecule has 0 aliphatic heterocycles. The molecule has 1 aliphatic carbocycles. The van der Waals surface area contributed by atoms with Crippen molar-refractivity contribution in [2.75, 3.05) is 19.0 Å². The summed E-state index contributed by atoms with van der Waals surface area (Å²) in [5.74, 6) is 0.210. The summed E-state index contributed by atoms with van der Waals surface area (Å²) in [6.07, 6.45) is 6.90. The van der Waals surface area contributed by atoms with Crippen LogP contribution >= 0.6 is 11.3 Å². The molecule has 3 rings (SSSR count). The number of Topliss-reactive ketones (excluding diaryl/α,β-unsaturated/α-hetero) is 1. The highest BCUT2D eigenvalue weighted by atomic mass is 32.1. The number of carbonyl (C=O) groups is 1. The fraction of sp³-hybridized carbons (Fsp3) is 0.250. The molecule has 23 heavy (non-hydrogen) atoms. The molecule has 2 nitrogen and oxygen atoms in total. The predicted molar refractivity (Wildman–Crippen MR) is 99.9 cm³/mol. The van der Waals surface area contributed by atoms with Gasteiger partial charge in [-0.15, -0.1) is 11.3 Å². The second-order valence-electron chi connectivity index (χ2n) is 6.02. The smallest absolute Gasteiger partial charge is 0.185 e.